The van der Waals surface area contributed by atoms with Gasteiger partial charge in [0.15, 0.2) is 0 Å². The summed E-state index contributed by atoms with van der Waals surface area (Å²) in [6.07, 6.45) is 1.06. The van der Waals surface area contributed by atoms with Gasteiger partial charge in [0, 0.05) is 10.2 Å². The number of rotatable bonds is 9. The van der Waals surface area contributed by atoms with Crippen LogP contribution in [0.1, 0.15) is 20.3 Å². The molecule has 0 saturated heterocycles. The molecule has 4 nitrogen and oxygen atoms in total. The standard InChI is InChI=1S/C15H24BrN3O/c1-3-19(4-2)10-6-9-17-12-15(20)18-14-8-5-7-13(16)11-14/h5,7-8,11,17H,3-4,6,9-10,12H2,1-2H3,(H,18,20). The number of benzene rings is 1. The van der Waals surface area contributed by atoms with Gasteiger partial charge in [0.25, 0.3) is 0 Å². The zero-order chi connectivity index (χ0) is 14.8. The van der Waals surface area contributed by atoms with E-state index in [0.29, 0.717) is 6.54 Å². The van der Waals surface area contributed by atoms with Crippen molar-refractivity contribution in [1.82, 2.24) is 10.2 Å². The van der Waals surface area contributed by atoms with Gasteiger partial charge in [-0.05, 0) is 50.8 Å². The maximum Gasteiger partial charge on any atom is 0.238 e. The molecule has 0 fully saturated rings. The van der Waals surface area contributed by atoms with E-state index in [2.05, 4.69) is 45.3 Å². The molecule has 2 N–H and O–H groups in total. The number of nitrogens with one attached hydrogen (secondary N) is 2. The second-order valence-electron chi connectivity index (χ2n) is 4.62. The fraction of sp³-hybridized carbons (Fsp3) is 0.533. The molecule has 1 rings (SSSR count). The maximum atomic E-state index is 11.7. The van der Waals surface area contributed by atoms with Gasteiger partial charge in [0.05, 0.1) is 6.54 Å². The summed E-state index contributed by atoms with van der Waals surface area (Å²) in [6, 6.07) is 7.60. The summed E-state index contributed by atoms with van der Waals surface area (Å²) in [5, 5.41) is 6.04. The summed E-state index contributed by atoms with van der Waals surface area (Å²) in [7, 11) is 0. The number of anilines is 1. The second kappa shape index (κ2) is 9.91. The van der Waals surface area contributed by atoms with Crippen molar-refractivity contribution in [1.29, 1.82) is 0 Å². The molecule has 0 heterocycles. The Morgan fingerprint density at radius 1 is 1.30 bits per heavy atom. The van der Waals surface area contributed by atoms with E-state index in [1.807, 2.05) is 24.3 Å². The van der Waals surface area contributed by atoms with Crippen LogP contribution in [0, 0.1) is 0 Å². The topological polar surface area (TPSA) is 44.4 Å². The van der Waals surface area contributed by atoms with E-state index in [4.69, 9.17) is 0 Å². The molecule has 5 heteroatoms. The summed E-state index contributed by atoms with van der Waals surface area (Å²) >= 11 is 3.38. The molecule has 1 amide bonds. The monoisotopic (exact) mass is 341 g/mol. The van der Waals surface area contributed by atoms with Gasteiger partial charge >= 0.3 is 0 Å². The van der Waals surface area contributed by atoms with Gasteiger partial charge in [-0.3, -0.25) is 4.79 Å². The molecule has 0 aliphatic rings. The van der Waals surface area contributed by atoms with Crippen molar-refractivity contribution in [2.75, 3.05) is 38.0 Å². The Balaban J connectivity index is 2.14. The molecule has 1 aromatic carbocycles. The molecule has 112 valence electrons. The molecular formula is C15H24BrN3O. The largest absolute Gasteiger partial charge is 0.325 e. The highest BCUT2D eigenvalue weighted by molar-refractivity contribution is 9.10. The average Bonchev–Trinajstić information content (AvgIpc) is 2.43. The molecule has 0 aliphatic carbocycles. The van der Waals surface area contributed by atoms with Crippen LogP contribution in [-0.4, -0.2) is 43.5 Å². The predicted octanol–water partition coefficient (Wildman–Crippen LogP) is 2.71. The highest BCUT2D eigenvalue weighted by atomic mass is 79.9. The highest BCUT2D eigenvalue weighted by Crippen LogP contribution is 2.15. The molecular weight excluding hydrogens is 318 g/mol. The van der Waals surface area contributed by atoms with E-state index in [0.717, 1.165) is 42.8 Å². The Bertz CT molecular complexity index is 408. The summed E-state index contributed by atoms with van der Waals surface area (Å²) in [6.45, 7) is 8.80. The van der Waals surface area contributed by atoms with Crippen molar-refractivity contribution in [3.8, 4) is 0 Å². The Hall–Kier alpha value is -0.910. The third-order valence-corrected chi connectivity index (χ3v) is 3.61. The van der Waals surface area contributed by atoms with Crippen LogP contribution in [0.3, 0.4) is 0 Å². The van der Waals surface area contributed by atoms with Crippen LogP contribution in [0.4, 0.5) is 5.69 Å². The lowest BCUT2D eigenvalue weighted by Crippen LogP contribution is -2.31. The van der Waals surface area contributed by atoms with Crippen LogP contribution in [0.15, 0.2) is 28.7 Å². The van der Waals surface area contributed by atoms with Crippen molar-refractivity contribution in [3.63, 3.8) is 0 Å². The molecule has 0 aromatic heterocycles. The number of amides is 1. The van der Waals surface area contributed by atoms with Crippen LogP contribution in [0.5, 0.6) is 0 Å². The van der Waals surface area contributed by atoms with E-state index < -0.39 is 0 Å². The van der Waals surface area contributed by atoms with Crippen LogP contribution in [0.25, 0.3) is 0 Å². The van der Waals surface area contributed by atoms with E-state index in [-0.39, 0.29) is 5.91 Å². The number of carbonyl (C=O) groups excluding carboxylic acids is 1. The van der Waals surface area contributed by atoms with Crippen LogP contribution in [0.2, 0.25) is 0 Å². The molecule has 0 atom stereocenters. The molecule has 1 aromatic rings. The molecule has 0 unspecified atom stereocenters. The first-order chi connectivity index (χ1) is 9.65. The highest BCUT2D eigenvalue weighted by Gasteiger charge is 2.02. The SMILES string of the molecule is CCN(CC)CCCNCC(=O)Nc1cccc(Br)c1. The Morgan fingerprint density at radius 3 is 2.70 bits per heavy atom. The van der Waals surface area contributed by atoms with E-state index in [1.165, 1.54) is 0 Å². The van der Waals surface area contributed by atoms with Gasteiger partial charge in [-0.15, -0.1) is 0 Å². The van der Waals surface area contributed by atoms with Crippen LogP contribution < -0.4 is 10.6 Å². The molecule has 0 aliphatic heterocycles. The summed E-state index contributed by atoms with van der Waals surface area (Å²) in [5.41, 5.74) is 0.814. The summed E-state index contributed by atoms with van der Waals surface area (Å²) in [5.74, 6) is -0.00839. The van der Waals surface area contributed by atoms with Crippen molar-refractivity contribution in [2.24, 2.45) is 0 Å². The lowest BCUT2D eigenvalue weighted by atomic mass is 10.3. The Morgan fingerprint density at radius 2 is 2.05 bits per heavy atom. The molecule has 0 saturated carbocycles. The summed E-state index contributed by atoms with van der Waals surface area (Å²) in [4.78, 5) is 14.1. The Kier molecular flexibility index (Phi) is 8.49. The van der Waals surface area contributed by atoms with Crippen molar-refractivity contribution < 1.29 is 4.79 Å². The normalized spacial score (nSPS) is 10.8. The third-order valence-electron chi connectivity index (χ3n) is 3.12. The zero-order valence-electron chi connectivity index (χ0n) is 12.3. The minimum absolute atomic E-state index is 0.00839. The number of carbonyl (C=O) groups is 1. The van der Waals surface area contributed by atoms with Crippen LogP contribution in [-0.2, 0) is 4.79 Å². The molecule has 0 spiro atoms. The minimum Gasteiger partial charge on any atom is -0.325 e. The molecule has 0 radical (unpaired) electrons. The van der Waals surface area contributed by atoms with Gasteiger partial charge in [-0.2, -0.15) is 0 Å². The minimum atomic E-state index is -0.00839. The zero-order valence-corrected chi connectivity index (χ0v) is 13.9. The second-order valence-corrected chi connectivity index (χ2v) is 5.53. The quantitative estimate of drug-likeness (QED) is 0.679. The van der Waals surface area contributed by atoms with Crippen molar-refractivity contribution >= 4 is 27.5 Å². The average molecular weight is 342 g/mol. The lowest BCUT2D eigenvalue weighted by molar-refractivity contribution is -0.115. The first-order valence-corrected chi connectivity index (χ1v) is 7.93. The van der Waals surface area contributed by atoms with E-state index >= 15 is 0 Å². The van der Waals surface area contributed by atoms with Crippen molar-refractivity contribution in [3.05, 3.63) is 28.7 Å². The number of halogens is 1. The van der Waals surface area contributed by atoms with Gasteiger partial charge in [0.1, 0.15) is 0 Å². The van der Waals surface area contributed by atoms with Crippen molar-refractivity contribution in [2.45, 2.75) is 20.3 Å². The van der Waals surface area contributed by atoms with E-state index in [9.17, 15) is 4.79 Å². The third kappa shape index (κ3) is 7.03. The first-order valence-electron chi connectivity index (χ1n) is 7.14. The fourth-order valence-corrected chi connectivity index (χ4v) is 2.34. The molecule has 20 heavy (non-hydrogen) atoms. The number of hydrogen-bond donors (Lipinski definition) is 2. The fourth-order valence-electron chi connectivity index (χ4n) is 1.94. The van der Waals surface area contributed by atoms with Gasteiger partial charge in [0.2, 0.25) is 5.91 Å². The van der Waals surface area contributed by atoms with Gasteiger partial charge < -0.3 is 15.5 Å². The molecule has 0 bridgehead atoms. The smallest absolute Gasteiger partial charge is 0.238 e. The van der Waals surface area contributed by atoms with Gasteiger partial charge in [-0.25, -0.2) is 0 Å². The summed E-state index contributed by atoms with van der Waals surface area (Å²) < 4.78 is 0.961. The number of nitrogens with zero attached hydrogens (tertiary/aromatic N) is 1. The predicted molar refractivity (Wildman–Crippen MR) is 88.0 cm³/mol. The maximum absolute atomic E-state index is 11.7. The number of hydrogen-bond acceptors (Lipinski definition) is 3. The van der Waals surface area contributed by atoms with E-state index in [1.54, 1.807) is 0 Å². The lowest BCUT2D eigenvalue weighted by Gasteiger charge is -2.17. The first kappa shape index (κ1) is 17.1. The van der Waals surface area contributed by atoms with Gasteiger partial charge in [-0.1, -0.05) is 35.8 Å². The Labute approximate surface area is 130 Å². The van der Waals surface area contributed by atoms with Crippen LogP contribution >= 0.6 is 15.9 Å².